The summed E-state index contributed by atoms with van der Waals surface area (Å²) < 4.78 is 4.84. The van der Waals surface area contributed by atoms with Gasteiger partial charge in [-0.3, -0.25) is 9.59 Å². The largest absolute Gasteiger partial charge is 0.462 e. The van der Waals surface area contributed by atoms with Crippen molar-refractivity contribution in [3.63, 3.8) is 0 Å². The molecule has 0 bridgehead atoms. The molecule has 1 aromatic carbocycles. The van der Waals surface area contributed by atoms with Crippen molar-refractivity contribution in [2.24, 2.45) is 5.73 Å². The van der Waals surface area contributed by atoms with Gasteiger partial charge in [-0.15, -0.1) is 12.4 Å². The summed E-state index contributed by atoms with van der Waals surface area (Å²) in [6, 6.07) is 6.25. The fraction of sp³-hybridized carbons (Fsp3) is 0.308. The third-order valence-electron chi connectivity index (χ3n) is 2.31. The van der Waals surface area contributed by atoms with Crippen LogP contribution in [0.1, 0.15) is 17.3 Å². The van der Waals surface area contributed by atoms with E-state index in [1.165, 1.54) is 0 Å². The smallest absolute Gasteiger partial charge is 0.338 e. The molecule has 21 heavy (non-hydrogen) atoms. The molecule has 4 N–H and O–H groups in total. The Morgan fingerprint density at radius 1 is 1.14 bits per heavy atom. The molecule has 0 saturated carbocycles. The van der Waals surface area contributed by atoms with Crippen molar-refractivity contribution in [3.8, 4) is 0 Å². The van der Waals surface area contributed by atoms with Gasteiger partial charge in [0.25, 0.3) is 0 Å². The van der Waals surface area contributed by atoms with Gasteiger partial charge in [0.1, 0.15) is 0 Å². The summed E-state index contributed by atoms with van der Waals surface area (Å²) in [6.07, 6.45) is 0. The molecule has 116 valence electrons. The first-order valence-electron chi connectivity index (χ1n) is 6.10. The van der Waals surface area contributed by atoms with E-state index in [2.05, 4.69) is 10.6 Å². The van der Waals surface area contributed by atoms with Crippen molar-refractivity contribution < 1.29 is 19.1 Å². The third-order valence-corrected chi connectivity index (χ3v) is 2.31. The summed E-state index contributed by atoms with van der Waals surface area (Å²) in [5.41, 5.74) is 6.02. The van der Waals surface area contributed by atoms with Gasteiger partial charge >= 0.3 is 5.97 Å². The summed E-state index contributed by atoms with van der Waals surface area (Å²) in [6.45, 7) is 1.71. The lowest BCUT2D eigenvalue weighted by atomic mass is 10.2. The van der Waals surface area contributed by atoms with Crippen LogP contribution < -0.4 is 16.4 Å². The number of halogens is 1. The molecular weight excluding hydrogens is 298 g/mol. The number of esters is 1. The average molecular weight is 316 g/mol. The van der Waals surface area contributed by atoms with Crippen molar-refractivity contribution in [2.75, 3.05) is 25.0 Å². The SMILES string of the molecule is CCOC(=O)c1ccc(NC(=O)CNC(=O)CN)cc1.Cl. The second-order valence-electron chi connectivity index (χ2n) is 3.83. The van der Waals surface area contributed by atoms with Crippen LogP contribution in [0.2, 0.25) is 0 Å². The Morgan fingerprint density at radius 2 is 1.76 bits per heavy atom. The molecule has 8 heteroatoms. The minimum absolute atomic E-state index is 0. The Labute approximate surface area is 128 Å². The molecule has 0 fully saturated rings. The number of nitrogens with one attached hydrogen (secondary N) is 2. The molecule has 1 rings (SSSR count). The van der Waals surface area contributed by atoms with Crippen LogP contribution in [0.25, 0.3) is 0 Å². The Hall–Kier alpha value is -2.12. The van der Waals surface area contributed by atoms with E-state index in [0.717, 1.165) is 0 Å². The number of ether oxygens (including phenoxy) is 1. The fourth-order valence-corrected chi connectivity index (χ4v) is 1.36. The van der Waals surface area contributed by atoms with Crippen LogP contribution in [0, 0.1) is 0 Å². The third kappa shape index (κ3) is 6.73. The van der Waals surface area contributed by atoms with E-state index in [-0.39, 0.29) is 31.4 Å². The van der Waals surface area contributed by atoms with Gasteiger partial charge in [0.15, 0.2) is 0 Å². The van der Waals surface area contributed by atoms with Gasteiger partial charge in [-0.1, -0.05) is 0 Å². The molecule has 2 amide bonds. The second kappa shape index (κ2) is 9.73. The second-order valence-corrected chi connectivity index (χ2v) is 3.83. The van der Waals surface area contributed by atoms with Crippen molar-refractivity contribution in [2.45, 2.75) is 6.92 Å². The Morgan fingerprint density at radius 3 is 2.29 bits per heavy atom. The fourth-order valence-electron chi connectivity index (χ4n) is 1.36. The number of anilines is 1. The molecule has 0 unspecified atom stereocenters. The van der Waals surface area contributed by atoms with Gasteiger partial charge in [0.2, 0.25) is 11.8 Å². The molecular formula is C13H18ClN3O4. The van der Waals surface area contributed by atoms with Crippen LogP contribution in [-0.4, -0.2) is 37.5 Å². The maximum absolute atomic E-state index is 11.5. The van der Waals surface area contributed by atoms with Crippen molar-refractivity contribution >= 4 is 35.9 Å². The van der Waals surface area contributed by atoms with Crippen molar-refractivity contribution in [3.05, 3.63) is 29.8 Å². The van der Waals surface area contributed by atoms with E-state index in [0.29, 0.717) is 17.9 Å². The van der Waals surface area contributed by atoms with E-state index < -0.39 is 11.9 Å². The standard InChI is InChI=1S/C13H17N3O4.ClH/c1-2-20-13(19)9-3-5-10(6-4-9)16-12(18)8-15-11(17)7-14;/h3-6H,2,7-8,14H2,1H3,(H,15,17)(H,16,18);1H. The Kier molecular flexibility index (Phi) is 8.75. The van der Waals surface area contributed by atoms with Crippen LogP contribution in [0.15, 0.2) is 24.3 Å². The lowest BCUT2D eigenvalue weighted by Gasteiger charge is -2.07. The topological polar surface area (TPSA) is 111 Å². The molecule has 0 aliphatic heterocycles. The van der Waals surface area contributed by atoms with E-state index in [9.17, 15) is 14.4 Å². The molecule has 0 aromatic heterocycles. The van der Waals surface area contributed by atoms with E-state index >= 15 is 0 Å². The lowest BCUT2D eigenvalue weighted by Crippen LogP contribution is -2.36. The summed E-state index contributed by atoms with van der Waals surface area (Å²) >= 11 is 0. The molecule has 1 aromatic rings. The first-order chi connectivity index (χ1) is 9.56. The van der Waals surface area contributed by atoms with E-state index in [4.69, 9.17) is 10.5 Å². The van der Waals surface area contributed by atoms with Gasteiger partial charge in [-0.2, -0.15) is 0 Å². The Balaban J connectivity index is 0.00000400. The monoisotopic (exact) mass is 315 g/mol. The lowest BCUT2D eigenvalue weighted by molar-refractivity contribution is -0.123. The zero-order chi connectivity index (χ0) is 15.0. The normalized spacial score (nSPS) is 9.24. The number of hydrogen-bond acceptors (Lipinski definition) is 5. The van der Waals surface area contributed by atoms with Gasteiger partial charge < -0.3 is 21.1 Å². The highest BCUT2D eigenvalue weighted by Gasteiger charge is 2.07. The van der Waals surface area contributed by atoms with Crippen LogP contribution in [0.3, 0.4) is 0 Å². The first-order valence-corrected chi connectivity index (χ1v) is 6.10. The first kappa shape index (κ1) is 18.9. The predicted octanol–water partition coefficient (Wildman–Crippen LogP) is 0.299. The number of benzene rings is 1. The van der Waals surface area contributed by atoms with Crippen LogP contribution in [-0.2, 0) is 14.3 Å². The number of carbonyl (C=O) groups is 3. The molecule has 0 radical (unpaired) electrons. The molecule has 0 aliphatic carbocycles. The maximum Gasteiger partial charge on any atom is 0.338 e. The minimum Gasteiger partial charge on any atom is -0.462 e. The number of hydrogen-bond donors (Lipinski definition) is 3. The zero-order valence-corrected chi connectivity index (χ0v) is 12.4. The average Bonchev–Trinajstić information content (AvgIpc) is 2.45. The number of nitrogens with two attached hydrogens (primary N) is 1. The van der Waals surface area contributed by atoms with Crippen LogP contribution >= 0.6 is 12.4 Å². The van der Waals surface area contributed by atoms with Gasteiger partial charge in [0.05, 0.1) is 25.3 Å². The van der Waals surface area contributed by atoms with Crippen molar-refractivity contribution in [1.29, 1.82) is 0 Å². The highest BCUT2D eigenvalue weighted by atomic mass is 35.5. The molecule has 0 spiro atoms. The number of amides is 2. The van der Waals surface area contributed by atoms with Gasteiger partial charge in [-0.25, -0.2) is 4.79 Å². The summed E-state index contributed by atoms with van der Waals surface area (Å²) in [7, 11) is 0. The Bertz CT molecular complexity index is 491. The minimum atomic E-state index is -0.416. The molecule has 0 heterocycles. The zero-order valence-electron chi connectivity index (χ0n) is 11.5. The highest BCUT2D eigenvalue weighted by Crippen LogP contribution is 2.10. The molecule has 0 saturated heterocycles. The number of rotatable bonds is 6. The van der Waals surface area contributed by atoms with Gasteiger partial charge in [-0.05, 0) is 31.2 Å². The van der Waals surface area contributed by atoms with E-state index in [1.54, 1.807) is 31.2 Å². The molecule has 0 atom stereocenters. The van der Waals surface area contributed by atoms with Crippen LogP contribution in [0.5, 0.6) is 0 Å². The highest BCUT2D eigenvalue weighted by molar-refractivity contribution is 5.95. The molecule has 0 aliphatic rings. The quantitative estimate of drug-likeness (QED) is 0.654. The van der Waals surface area contributed by atoms with Crippen molar-refractivity contribution in [1.82, 2.24) is 5.32 Å². The summed E-state index contributed by atoms with van der Waals surface area (Å²) in [4.78, 5) is 33.8. The summed E-state index contributed by atoms with van der Waals surface area (Å²) in [5.74, 6) is -1.20. The predicted molar refractivity (Wildman–Crippen MR) is 80.3 cm³/mol. The van der Waals surface area contributed by atoms with Crippen LogP contribution in [0.4, 0.5) is 5.69 Å². The number of carbonyl (C=O) groups excluding carboxylic acids is 3. The van der Waals surface area contributed by atoms with E-state index in [1.807, 2.05) is 0 Å². The van der Waals surface area contributed by atoms with Gasteiger partial charge in [0, 0.05) is 5.69 Å². The summed E-state index contributed by atoms with van der Waals surface area (Å²) in [5, 5.41) is 4.92. The molecule has 7 nitrogen and oxygen atoms in total. The maximum atomic E-state index is 11.5.